The third kappa shape index (κ3) is 4.70. The van der Waals surface area contributed by atoms with Crippen LogP contribution < -0.4 is 20.8 Å². The molecule has 3 N–H and O–H groups in total. The summed E-state index contributed by atoms with van der Waals surface area (Å²) >= 11 is 0. The van der Waals surface area contributed by atoms with Crippen molar-refractivity contribution in [2.45, 2.75) is 39.7 Å². The summed E-state index contributed by atoms with van der Waals surface area (Å²) in [6.07, 6.45) is 2.14. The van der Waals surface area contributed by atoms with Crippen LogP contribution in [0.15, 0.2) is 45.7 Å². The lowest BCUT2D eigenvalue weighted by molar-refractivity contribution is -0.308. The van der Waals surface area contributed by atoms with Crippen molar-refractivity contribution in [3.8, 4) is 11.5 Å². The Labute approximate surface area is 200 Å². The number of carboxylic acid groups (broad SMARTS) is 1. The molecule has 0 unspecified atom stereocenters. The van der Waals surface area contributed by atoms with Gasteiger partial charge < -0.3 is 34.5 Å². The summed E-state index contributed by atoms with van der Waals surface area (Å²) in [6.45, 7) is 5.03. The maximum Gasteiger partial charge on any atom is 0.339 e. The summed E-state index contributed by atoms with van der Waals surface area (Å²) in [5.41, 5.74) is 3.33. The predicted octanol–water partition coefficient (Wildman–Crippen LogP) is 2.02. The van der Waals surface area contributed by atoms with Crippen molar-refractivity contribution < 1.29 is 29.0 Å². The molecule has 0 saturated carbocycles. The lowest BCUT2D eigenvalue weighted by Crippen LogP contribution is -2.50. The number of ether oxygens (including phenoxy) is 1. The van der Waals surface area contributed by atoms with Gasteiger partial charge in [-0.15, -0.1) is 0 Å². The first-order valence-corrected chi connectivity index (χ1v) is 11.2. The van der Waals surface area contributed by atoms with E-state index in [0.717, 1.165) is 16.5 Å². The van der Waals surface area contributed by atoms with Gasteiger partial charge in [-0.2, -0.15) is 0 Å². The number of aromatic nitrogens is 1. The van der Waals surface area contributed by atoms with Gasteiger partial charge in [-0.1, -0.05) is 6.92 Å². The van der Waals surface area contributed by atoms with E-state index < -0.39 is 30.2 Å². The summed E-state index contributed by atoms with van der Waals surface area (Å²) in [4.78, 5) is 39.5. The average molecular weight is 477 g/mol. The third-order valence-electron chi connectivity index (χ3n) is 6.16. The number of benzene rings is 2. The molecule has 9 heteroatoms. The summed E-state index contributed by atoms with van der Waals surface area (Å²) < 4.78 is 11.1. The van der Waals surface area contributed by atoms with Gasteiger partial charge in [0, 0.05) is 40.0 Å². The van der Waals surface area contributed by atoms with Crippen molar-refractivity contribution in [2.24, 2.45) is 0 Å². The lowest BCUT2D eigenvalue weighted by Gasteiger charge is -2.20. The van der Waals surface area contributed by atoms with E-state index in [1.54, 1.807) is 31.3 Å². The van der Waals surface area contributed by atoms with E-state index in [4.69, 9.17) is 9.15 Å². The van der Waals surface area contributed by atoms with Crippen LogP contribution in [0.25, 0.3) is 21.9 Å². The Morgan fingerprint density at radius 2 is 1.94 bits per heavy atom. The van der Waals surface area contributed by atoms with E-state index in [1.807, 2.05) is 13.8 Å². The van der Waals surface area contributed by atoms with Crippen molar-refractivity contribution in [1.29, 1.82) is 0 Å². The third-order valence-corrected chi connectivity index (χ3v) is 6.16. The molecule has 2 aromatic carbocycles. The van der Waals surface area contributed by atoms with Gasteiger partial charge >= 0.3 is 5.63 Å². The zero-order chi connectivity index (χ0) is 25.3. The summed E-state index contributed by atoms with van der Waals surface area (Å²) in [5.74, 6) is -1.71. The van der Waals surface area contributed by atoms with Crippen LogP contribution in [-0.4, -0.2) is 34.6 Å². The van der Waals surface area contributed by atoms with Crippen LogP contribution in [-0.2, 0) is 22.4 Å². The highest BCUT2D eigenvalue weighted by atomic mass is 16.5. The van der Waals surface area contributed by atoms with Crippen molar-refractivity contribution in [3.05, 3.63) is 69.2 Å². The quantitative estimate of drug-likeness (QED) is 0.329. The number of hydrogen-bond acceptors (Lipinski definition) is 7. The van der Waals surface area contributed by atoms with Gasteiger partial charge in [0.05, 0.1) is 12.0 Å². The fraction of sp³-hybridized carbons (Fsp3) is 0.269. The Morgan fingerprint density at radius 1 is 1.17 bits per heavy atom. The first-order valence-electron chi connectivity index (χ1n) is 11.2. The van der Waals surface area contributed by atoms with Gasteiger partial charge in [-0.25, -0.2) is 4.79 Å². The second-order valence-electron chi connectivity index (χ2n) is 8.39. The molecule has 2 heterocycles. The number of rotatable bonds is 8. The zero-order valence-corrected chi connectivity index (χ0v) is 19.6. The highest BCUT2D eigenvalue weighted by molar-refractivity contribution is 5.88. The van der Waals surface area contributed by atoms with Crippen molar-refractivity contribution in [3.63, 3.8) is 0 Å². The number of phenolic OH excluding ortho intramolecular Hbond substituents is 1. The lowest BCUT2D eigenvalue weighted by atomic mass is 10.0. The minimum absolute atomic E-state index is 0.0449. The minimum Gasteiger partial charge on any atom is -0.548 e. The molecule has 9 nitrogen and oxygen atoms in total. The number of carbonyl (C=O) groups is 2. The Bertz CT molecular complexity index is 1500. The monoisotopic (exact) mass is 477 g/mol. The normalized spacial score (nSPS) is 12.1. The molecule has 4 aromatic rings. The predicted molar refractivity (Wildman–Crippen MR) is 127 cm³/mol. The Hall–Kier alpha value is -4.27. The van der Waals surface area contributed by atoms with Gasteiger partial charge in [0.1, 0.15) is 17.1 Å². The van der Waals surface area contributed by atoms with Crippen molar-refractivity contribution >= 4 is 33.7 Å². The van der Waals surface area contributed by atoms with E-state index in [2.05, 4.69) is 10.3 Å². The number of aliphatic carboxylic acids is 1. The number of carboxylic acids is 1. The van der Waals surface area contributed by atoms with E-state index in [0.29, 0.717) is 39.8 Å². The summed E-state index contributed by atoms with van der Waals surface area (Å²) in [7, 11) is 0. The number of amides is 1. The molecule has 1 atom stereocenters. The summed E-state index contributed by atoms with van der Waals surface area (Å²) in [6, 6.07) is 6.85. The highest BCUT2D eigenvalue weighted by Gasteiger charge is 2.19. The molecule has 1 amide bonds. The number of fused-ring (bicyclic) bond motifs is 2. The van der Waals surface area contributed by atoms with E-state index in [1.165, 1.54) is 12.1 Å². The molecular weight excluding hydrogens is 452 g/mol. The van der Waals surface area contributed by atoms with Gasteiger partial charge in [0.2, 0.25) is 0 Å². The van der Waals surface area contributed by atoms with Crippen LogP contribution in [0.1, 0.15) is 29.2 Å². The SMILES string of the molecule is CCc1c(C)c2ccc(OCC(=O)N[C@H](Cc3c[nH]c4ccc(O)cc34)C(=O)[O-])c(C)c2oc1=O. The number of aromatic hydroxyl groups is 1. The summed E-state index contributed by atoms with van der Waals surface area (Å²) in [5, 5.41) is 25.3. The van der Waals surface area contributed by atoms with Crippen LogP contribution in [0.4, 0.5) is 0 Å². The van der Waals surface area contributed by atoms with E-state index >= 15 is 0 Å². The van der Waals surface area contributed by atoms with Crippen LogP contribution in [0.2, 0.25) is 0 Å². The van der Waals surface area contributed by atoms with Gasteiger partial charge in [-0.05, 0) is 61.7 Å². The van der Waals surface area contributed by atoms with E-state index in [9.17, 15) is 24.6 Å². The van der Waals surface area contributed by atoms with Crippen molar-refractivity contribution in [2.75, 3.05) is 6.61 Å². The number of nitrogens with one attached hydrogen (secondary N) is 2. The zero-order valence-electron chi connectivity index (χ0n) is 19.6. The first kappa shape index (κ1) is 23.9. The maximum atomic E-state index is 12.5. The number of aryl methyl sites for hydroxylation is 2. The largest absolute Gasteiger partial charge is 0.548 e. The molecule has 0 bridgehead atoms. The fourth-order valence-electron chi connectivity index (χ4n) is 4.26. The van der Waals surface area contributed by atoms with Gasteiger partial charge in [-0.3, -0.25) is 4.79 Å². The number of hydrogen-bond donors (Lipinski definition) is 3. The molecule has 2 aromatic heterocycles. The maximum absolute atomic E-state index is 12.5. The van der Waals surface area contributed by atoms with Crippen LogP contribution >= 0.6 is 0 Å². The minimum atomic E-state index is -1.45. The molecule has 0 radical (unpaired) electrons. The molecular formula is C26H25N2O7-. The number of carbonyl (C=O) groups excluding carboxylic acids is 2. The molecule has 0 aliphatic rings. The topological polar surface area (TPSA) is 145 Å². The number of phenols is 1. The Kier molecular flexibility index (Phi) is 6.50. The molecule has 4 rings (SSSR count). The molecule has 182 valence electrons. The van der Waals surface area contributed by atoms with Crippen LogP contribution in [0.5, 0.6) is 11.5 Å². The molecule has 0 aliphatic heterocycles. The van der Waals surface area contributed by atoms with Gasteiger partial charge in [0.25, 0.3) is 5.91 Å². The van der Waals surface area contributed by atoms with Crippen molar-refractivity contribution in [1.82, 2.24) is 10.3 Å². The number of aromatic amines is 1. The van der Waals surface area contributed by atoms with E-state index in [-0.39, 0.29) is 12.2 Å². The highest BCUT2D eigenvalue weighted by Crippen LogP contribution is 2.29. The number of H-pyrrole nitrogens is 1. The molecule has 0 saturated heterocycles. The Morgan fingerprint density at radius 3 is 2.66 bits per heavy atom. The smallest absolute Gasteiger partial charge is 0.339 e. The second-order valence-corrected chi connectivity index (χ2v) is 8.39. The molecule has 35 heavy (non-hydrogen) atoms. The van der Waals surface area contributed by atoms with Gasteiger partial charge in [0.15, 0.2) is 6.61 Å². The average Bonchev–Trinajstić information content (AvgIpc) is 3.20. The fourth-order valence-corrected chi connectivity index (χ4v) is 4.26. The molecule has 0 spiro atoms. The standard InChI is InChI=1S/C26H26N2O7/c1-4-17-13(2)18-6-8-22(14(3)24(18)35-26(17)33)34-12-23(30)28-21(25(31)32)9-15-11-27-20-7-5-16(29)10-19(15)20/h5-8,10-11,21,27,29H,4,9,12H2,1-3H3,(H,28,30)(H,31,32)/p-1/t21-/m1/s1. The molecule has 0 fully saturated rings. The molecule has 0 aliphatic carbocycles. The second kappa shape index (κ2) is 9.54. The first-order chi connectivity index (χ1) is 16.7. The van der Waals surface area contributed by atoms with Crippen LogP contribution in [0, 0.1) is 13.8 Å². The van der Waals surface area contributed by atoms with Crippen LogP contribution in [0.3, 0.4) is 0 Å². The Balaban J connectivity index is 1.48.